The van der Waals surface area contributed by atoms with Gasteiger partial charge in [0.05, 0.1) is 6.04 Å². The minimum Gasteiger partial charge on any atom is -0.354 e. The Balaban J connectivity index is 2.02. The van der Waals surface area contributed by atoms with Crippen LogP contribution in [0.4, 0.5) is 14.7 Å². The molecular formula is C14H16F2N4. The molecule has 0 radical (unpaired) electrons. The summed E-state index contributed by atoms with van der Waals surface area (Å²) in [6, 6.07) is 3.90. The molecule has 0 spiro atoms. The molecule has 1 atom stereocenters. The van der Waals surface area contributed by atoms with Crippen LogP contribution >= 0.6 is 0 Å². The number of nitrogens with zero attached hydrogens (tertiary/aromatic N) is 3. The summed E-state index contributed by atoms with van der Waals surface area (Å²) in [6.45, 7) is 4.78. The van der Waals surface area contributed by atoms with Gasteiger partial charge in [-0.15, -0.1) is 0 Å². The Labute approximate surface area is 115 Å². The maximum Gasteiger partial charge on any atom is 0.221 e. The first-order chi connectivity index (χ1) is 9.56. The molecule has 3 rings (SSSR count). The van der Waals surface area contributed by atoms with Crippen LogP contribution in [0, 0.1) is 11.6 Å². The second-order valence-corrected chi connectivity index (χ2v) is 5.30. The van der Waals surface area contributed by atoms with Crippen molar-refractivity contribution in [2.24, 2.45) is 0 Å². The van der Waals surface area contributed by atoms with Crippen LogP contribution < -0.4 is 5.32 Å². The number of rotatable bonds is 2. The van der Waals surface area contributed by atoms with Crippen LogP contribution in [0.5, 0.6) is 0 Å². The predicted octanol–water partition coefficient (Wildman–Crippen LogP) is 3.08. The lowest BCUT2D eigenvalue weighted by atomic mass is 10.0. The molecule has 6 heteroatoms. The fraction of sp³-hybridized carbons (Fsp3) is 0.429. The second-order valence-electron chi connectivity index (χ2n) is 5.30. The summed E-state index contributed by atoms with van der Waals surface area (Å²) in [6.07, 6.45) is 0.763. The Morgan fingerprint density at radius 2 is 2.10 bits per heavy atom. The van der Waals surface area contributed by atoms with Gasteiger partial charge in [0.2, 0.25) is 5.95 Å². The van der Waals surface area contributed by atoms with Gasteiger partial charge in [-0.2, -0.15) is 10.1 Å². The zero-order valence-corrected chi connectivity index (χ0v) is 11.4. The van der Waals surface area contributed by atoms with Gasteiger partial charge >= 0.3 is 0 Å². The van der Waals surface area contributed by atoms with Crippen molar-refractivity contribution in [1.29, 1.82) is 0 Å². The van der Waals surface area contributed by atoms with Crippen molar-refractivity contribution >= 4 is 5.95 Å². The van der Waals surface area contributed by atoms with Gasteiger partial charge in [-0.3, -0.25) is 0 Å². The van der Waals surface area contributed by atoms with Crippen LogP contribution in [0.25, 0.3) is 0 Å². The Morgan fingerprint density at radius 1 is 1.30 bits per heavy atom. The van der Waals surface area contributed by atoms with Crippen molar-refractivity contribution in [2.75, 3.05) is 11.9 Å². The smallest absolute Gasteiger partial charge is 0.221 e. The molecule has 2 aromatic rings. The fourth-order valence-corrected chi connectivity index (χ4v) is 2.39. The van der Waals surface area contributed by atoms with Crippen molar-refractivity contribution in [1.82, 2.24) is 14.8 Å². The van der Waals surface area contributed by atoms with E-state index in [0.29, 0.717) is 11.5 Å². The fourth-order valence-electron chi connectivity index (χ4n) is 2.39. The van der Waals surface area contributed by atoms with Crippen LogP contribution in [-0.2, 0) is 0 Å². The van der Waals surface area contributed by atoms with Crippen molar-refractivity contribution in [3.05, 3.63) is 41.2 Å². The molecule has 0 saturated heterocycles. The Bertz CT molecular complexity index is 636. The van der Waals surface area contributed by atoms with Crippen molar-refractivity contribution in [2.45, 2.75) is 32.2 Å². The minimum absolute atomic E-state index is 0.110. The largest absolute Gasteiger partial charge is 0.354 e. The van der Waals surface area contributed by atoms with Crippen LogP contribution in [0.2, 0.25) is 0 Å². The van der Waals surface area contributed by atoms with Gasteiger partial charge in [0.25, 0.3) is 0 Å². The lowest BCUT2D eigenvalue weighted by molar-refractivity contribution is 0.464. The SMILES string of the molecule is CC(C)c1nc2n(n1)C(c1ccc(F)c(F)c1)CCN2. The monoisotopic (exact) mass is 278 g/mol. The highest BCUT2D eigenvalue weighted by Gasteiger charge is 2.25. The first kappa shape index (κ1) is 13.0. The summed E-state index contributed by atoms with van der Waals surface area (Å²) in [5, 5.41) is 7.67. The zero-order valence-electron chi connectivity index (χ0n) is 11.4. The molecule has 0 fully saturated rings. The molecule has 0 bridgehead atoms. The quantitative estimate of drug-likeness (QED) is 0.918. The zero-order chi connectivity index (χ0) is 14.3. The van der Waals surface area contributed by atoms with Gasteiger partial charge in [0.1, 0.15) is 0 Å². The van der Waals surface area contributed by atoms with Crippen LogP contribution in [-0.4, -0.2) is 21.3 Å². The molecule has 106 valence electrons. The molecule has 1 aromatic carbocycles. The average molecular weight is 278 g/mol. The van der Waals surface area contributed by atoms with E-state index in [0.717, 1.165) is 24.9 Å². The third-order valence-corrected chi connectivity index (χ3v) is 3.49. The molecule has 1 N–H and O–H groups in total. The summed E-state index contributed by atoms with van der Waals surface area (Å²) >= 11 is 0. The normalized spacial score (nSPS) is 17.9. The third-order valence-electron chi connectivity index (χ3n) is 3.49. The number of aromatic nitrogens is 3. The topological polar surface area (TPSA) is 42.7 Å². The van der Waals surface area contributed by atoms with E-state index in [1.54, 1.807) is 10.7 Å². The van der Waals surface area contributed by atoms with E-state index in [-0.39, 0.29) is 12.0 Å². The maximum atomic E-state index is 13.4. The molecule has 0 saturated carbocycles. The van der Waals surface area contributed by atoms with E-state index in [4.69, 9.17) is 0 Å². The van der Waals surface area contributed by atoms with E-state index in [2.05, 4.69) is 15.4 Å². The average Bonchev–Trinajstić information content (AvgIpc) is 2.86. The Hall–Kier alpha value is -1.98. The van der Waals surface area contributed by atoms with Gasteiger partial charge in [0.15, 0.2) is 17.5 Å². The summed E-state index contributed by atoms with van der Waals surface area (Å²) in [5.41, 5.74) is 0.715. The van der Waals surface area contributed by atoms with Crippen molar-refractivity contribution in [3.8, 4) is 0 Å². The van der Waals surface area contributed by atoms with Crippen LogP contribution in [0.15, 0.2) is 18.2 Å². The van der Waals surface area contributed by atoms with Crippen molar-refractivity contribution in [3.63, 3.8) is 0 Å². The number of hydrogen-bond donors (Lipinski definition) is 1. The molecule has 1 aliphatic rings. The minimum atomic E-state index is -0.829. The highest BCUT2D eigenvalue weighted by atomic mass is 19.2. The number of halogens is 2. The van der Waals surface area contributed by atoms with Gasteiger partial charge < -0.3 is 5.32 Å². The number of benzene rings is 1. The van der Waals surface area contributed by atoms with Gasteiger partial charge in [-0.05, 0) is 24.1 Å². The molecular weight excluding hydrogens is 262 g/mol. The first-order valence-corrected chi connectivity index (χ1v) is 6.71. The lowest BCUT2D eigenvalue weighted by Gasteiger charge is -2.24. The molecule has 2 heterocycles. The van der Waals surface area contributed by atoms with E-state index in [9.17, 15) is 8.78 Å². The highest BCUT2D eigenvalue weighted by molar-refractivity contribution is 5.33. The van der Waals surface area contributed by atoms with E-state index in [1.165, 1.54) is 6.07 Å². The van der Waals surface area contributed by atoms with E-state index < -0.39 is 11.6 Å². The van der Waals surface area contributed by atoms with Crippen LogP contribution in [0.3, 0.4) is 0 Å². The maximum absolute atomic E-state index is 13.4. The number of anilines is 1. The van der Waals surface area contributed by atoms with Gasteiger partial charge in [-0.25, -0.2) is 13.5 Å². The summed E-state index contributed by atoms with van der Waals surface area (Å²) in [7, 11) is 0. The van der Waals surface area contributed by atoms with Gasteiger partial charge in [-0.1, -0.05) is 19.9 Å². The molecule has 0 aliphatic carbocycles. The number of fused-ring (bicyclic) bond motifs is 1. The summed E-state index contributed by atoms with van der Waals surface area (Å²) in [4.78, 5) is 4.44. The Kier molecular flexibility index (Phi) is 3.16. The number of nitrogens with one attached hydrogen (secondary N) is 1. The molecule has 20 heavy (non-hydrogen) atoms. The lowest BCUT2D eigenvalue weighted by Crippen LogP contribution is -2.24. The summed E-state index contributed by atoms with van der Waals surface area (Å²) in [5.74, 6) is 0.00770. The molecule has 4 nitrogen and oxygen atoms in total. The molecule has 0 amide bonds. The second kappa shape index (κ2) is 4.85. The van der Waals surface area contributed by atoms with E-state index in [1.807, 2.05) is 13.8 Å². The molecule has 1 unspecified atom stereocenters. The molecule has 1 aliphatic heterocycles. The molecule has 1 aromatic heterocycles. The number of hydrogen-bond acceptors (Lipinski definition) is 3. The van der Waals surface area contributed by atoms with E-state index >= 15 is 0 Å². The first-order valence-electron chi connectivity index (χ1n) is 6.71. The summed E-state index contributed by atoms with van der Waals surface area (Å²) < 4.78 is 28.2. The predicted molar refractivity (Wildman–Crippen MR) is 71.7 cm³/mol. The van der Waals surface area contributed by atoms with Gasteiger partial charge in [0, 0.05) is 12.5 Å². The third kappa shape index (κ3) is 2.15. The standard InChI is InChI=1S/C14H16F2N4/c1-8(2)13-18-14-17-6-5-12(20(14)19-13)9-3-4-10(15)11(16)7-9/h3-4,7-8,12H,5-6H2,1-2H3,(H,17,18,19). The Morgan fingerprint density at radius 3 is 2.80 bits per heavy atom. The van der Waals surface area contributed by atoms with Crippen molar-refractivity contribution < 1.29 is 8.78 Å². The van der Waals surface area contributed by atoms with Crippen LogP contribution in [0.1, 0.15) is 43.6 Å². The highest BCUT2D eigenvalue weighted by Crippen LogP contribution is 2.30.